The third-order valence-corrected chi connectivity index (χ3v) is 3.41. The van der Waals surface area contributed by atoms with Gasteiger partial charge in [-0.2, -0.15) is 0 Å². The average molecular weight is 267 g/mol. The molecule has 104 valence electrons. The minimum absolute atomic E-state index is 0.0304. The maximum atomic E-state index is 13.7. The van der Waals surface area contributed by atoms with Crippen molar-refractivity contribution in [3.8, 4) is 0 Å². The molecule has 1 amide bonds. The number of hydrogen-bond acceptors (Lipinski definition) is 4. The highest BCUT2D eigenvalue weighted by molar-refractivity contribution is 5.83. The molecule has 0 bridgehead atoms. The molecule has 1 aromatic heterocycles. The van der Waals surface area contributed by atoms with Crippen LogP contribution < -0.4 is 5.73 Å². The van der Waals surface area contributed by atoms with Crippen LogP contribution in [0.5, 0.6) is 0 Å². The SMILES string of the molecule is CC1(F)CCN(C(=O)[C@H](N)[C@@H](O)c2ccncc2)C1. The molecule has 3 N–H and O–H groups in total. The number of rotatable bonds is 3. The number of carbonyl (C=O) groups excluding carboxylic acids is 1. The topological polar surface area (TPSA) is 79.5 Å². The van der Waals surface area contributed by atoms with Crippen molar-refractivity contribution in [3.05, 3.63) is 30.1 Å². The predicted molar refractivity (Wildman–Crippen MR) is 67.9 cm³/mol. The number of hydrogen-bond donors (Lipinski definition) is 2. The molecule has 5 nitrogen and oxygen atoms in total. The first-order chi connectivity index (χ1) is 8.91. The molecule has 3 atom stereocenters. The van der Waals surface area contributed by atoms with E-state index in [1.807, 2.05) is 0 Å². The van der Waals surface area contributed by atoms with Crippen LogP contribution in [0.25, 0.3) is 0 Å². The van der Waals surface area contributed by atoms with Gasteiger partial charge in [-0.25, -0.2) is 4.39 Å². The van der Waals surface area contributed by atoms with Gasteiger partial charge in [0.15, 0.2) is 0 Å². The summed E-state index contributed by atoms with van der Waals surface area (Å²) in [6.07, 6.45) is 2.23. The van der Waals surface area contributed by atoms with Gasteiger partial charge in [0.2, 0.25) is 5.91 Å². The molecule has 0 spiro atoms. The fourth-order valence-corrected chi connectivity index (χ4v) is 2.23. The number of carbonyl (C=O) groups is 1. The summed E-state index contributed by atoms with van der Waals surface area (Å²) in [5.74, 6) is -0.425. The monoisotopic (exact) mass is 267 g/mol. The van der Waals surface area contributed by atoms with E-state index in [-0.39, 0.29) is 6.54 Å². The largest absolute Gasteiger partial charge is 0.386 e. The van der Waals surface area contributed by atoms with Gasteiger partial charge >= 0.3 is 0 Å². The lowest BCUT2D eigenvalue weighted by Gasteiger charge is -2.24. The Bertz CT molecular complexity index is 452. The molecular weight excluding hydrogens is 249 g/mol. The Labute approximate surface area is 111 Å². The second kappa shape index (κ2) is 5.22. The summed E-state index contributed by atoms with van der Waals surface area (Å²) in [6.45, 7) is 1.83. The van der Waals surface area contributed by atoms with Crippen LogP contribution in [0.15, 0.2) is 24.5 Å². The maximum Gasteiger partial charge on any atom is 0.242 e. The summed E-state index contributed by atoms with van der Waals surface area (Å²) >= 11 is 0. The minimum Gasteiger partial charge on any atom is -0.386 e. The zero-order chi connectivity index (χ0) is 14.0. The summed E-state index contributed by atoms with van der Waals surface area (Å²) in [5, 5.41) is 10.1. The molecular formula is C13H18FN3O2. The lowest BCUT2D eigenvalue weighted by atomic mass is 10.0. The zero-order valence-corrected chi connectivity index (χ0v) is 10.8. The van der Waals surface area contributed by atoms with Crippen molar-refractivity contribution >= 4 is 5.91 Å². The van der Waals surface area contributed by atoms with E-state index in [2.05, 4.69) is 4.98 Å². The zero-order valence-electron chi connectivity index (χ0n) is 10.8. The second-order valence-electron chi connectivity index (χ2n) is 5.17. The summed E-state index contributed by atoms with van der Waals surface area (Å²) < 4.78 is 13.7. The lowest BCUT2D eigenvalue weighted by Crippen LogP contribution is -2.46. The molecule has 19 heavy (non-hydrogen) atoms. The molecule has 1 aromatic rings. The Kier molecular flexibility index (Phi) is 3.82. The molecule has 6 heteroatoms. The summed E-state index contributed by atoms with van der Waals surface area (Å²) in [4.78, 5) is 17.3. The van der Waals surface area contributed by atoms with Gasteiger partial charge in [-0.3, -0.25) is 9.78 Å². The van der Waals surface area contributed by atoms with Gasteiger partial charge in [-0.15, -0.1) is 0 Å². The smallest absolute Gasteiger partial charge is 0.242 e. The summed E-state index contributed by atoms with van der Waals surface area (Å²) in [7, 11) is 0. The number of pyridine rings is 1. The third-order valence-electron chi connectivity index (χ3n) is 3.41. The minimum atomic E-state index is -1.36. The number of halogens is 1. The van der Waals surface area contributed by atoms with E-state index in [0.717, 1.165) is 0 Å². The summed E-state index contributed by atoms with van der Waals surface area (Å²) in [6, 6.07) is 2.11. The van der Waals surface area contributed by atoms with E-state index < -0.39 is 23.7 Å². The van der Waals surface area contributed by atoms with Crippen LogP contribution >= 0.6 is 0 Å². The van der Waals surface area contributed by atoms with E-state index in [0.29, 0.717) is 18.5 Å². The second-order valence-corrected chi connectivity index (χ2v) is 5.17. The Morgan fingerprint density at radius 2 is 2.21 bits per heavy atom. The van der Waals surface area contributed by atoms with Gasteiger partial charge in [0.1, 0.15) is 17.8 Å². The summed E-state index contributed by atoms with van der Waals surface area (Å²) in [5.41, 5.74) is 4.94. The molecule has 0 aliphatic carbocycles. The maximum absolute atomic E-state index is 13.7. The van der Waals surface area contributed by atoms with E-state index >= 15 is 0 Å². The number of amides is 1. The van der Waals surface area contributed by atoms with Gasteiger partial charge in [0.25, 0.3) is 0 Å². The van der Waals surface area contributed by atoms with Gasteiger partial charge in [-0.1, -0.05) is 0 Å². The molecule has 1 unspecified atom stereocenters. The number of aliphatic hydroxyl groups is 1. The van der Waals surface area contributed by atoms with Crippen LogP contribution in [-0.2, 0) is 4.79 Å². The lowest BCUT2D eigenvalue weighted by molar-refractivity contribution is -0.134. The average Bonchev–Trinajstić information content (AvgIpc) is 2.77. The Morgan fingerprint density at radius 3 is 2.74 bits per heavy atom. The highest BCUT2D eigenvalue weighted by Gasteiger charge is 2.39. The van der Waals surface area contributed by atoms with Crippen molar-refractivity contribution in [2.75, 3.05) is 13.1 Å². The Hall–Kier alpha value is -1.53. The quantitative estimate of drug-likeness (QED) is 0.831. The standard InChI is InChI=1S/C13H18FN3O2/c1-13(14)4-7-17(8-13)12(19)10(15)11(18)9-2-5-16-6-3-9/h2-3,5-6,10-11,18H,4,7-8,15H2,1H3/t10-,11+,13?/m1/s1. The van der Waals surface area contributed by atoms with Gasteiger partial charge in [0.05, 0.1) is 6.54 Å². The highest BCUT2D eigenvalue weighted by Crippen LogP contribution is 2.26. The molecule has 1 saturated heterocycles. The van der Waals surface area contributed by atoms with Crippen LogP contribution in [0.4, 0.5) is 4.39 Å². The first-order valence-electron chi connectivity index (χ1n) is 6.22. The molecule has 0 aromatic carbocycles. The van der Waals surface area contributed by atoms with Crippen LogP contribution in [0, 0.1) is 0 Å². The number of nitrogens with two attached hydrogens (primary N) is 1. The number of nitrogens with zero attached hydrogens (tertiary/aromatic N) is 2. The van der Waals surface area contributed by atoms with Gasteiger partial charge < -0.3 is 15.7 Å². The van der Waals surface area contributed by atoms with Crippen molar-refractivity contribution in [2.24, 2.45) is 5.73 Å². The molecule has 1 fully saturated rings. The van der Waals surface area contributed by atoms with Crippen molar-refractivity contribution < 1.29 is 14.3 Å². The number of aliphatic hydroxyl groups excluding tert-OH is 1. The first kappa shape index (κ1) is 13.9. The van der Waals surface area contributed by atoms with Crippen LogP contribution in [0.2, 0.25) is 0 Å². The van der Waals surface area contributed by atoms with Crippen LogP contribution in [-0.4, -0.2) is 45.7 Å². The fourth-order valence-electron chi connectivity index (χ4n) is 2.23. The van der Waals surface area contributed by atoms with E-state index in [4.69, 9.17) is 5.73 Å². The third kappa shape index (κ3) is 3.08. The van der Waals surface area contributed by atoms with Crippen molar-refractivity contribution in [2.45, 2.75) is 31.2 Å². The van der Waals surface area contributed by atoms with Crippen LogP contribution in [0.3, 0.4) is 0 Å². The van der Waals surface area contributed by atoms with Crippen LogP contribution in [0.1, 0.15) is 25.0 Å². The van der Waals surface area contributed by atoms with E-state index in [9.17, 15) is 14.3 Å². The molecule has 1 aliphatic rings. The Balaban J connectivity index is 2.04. The first-order valence-corrected chi connectivity index (χ1v) is 6.22. The Morgan fingerprint density at radius 1 is 1.58 bits per heavy atom. The van der Waals surface area contributed by atoms with E-state index in [1.54, 1.807) is 12.1 Å². The number of likely N-dealkylation sites (tertiary alicyclic amines) is 1. The molecule has 2 rings (SSSR count). The normalized spacial score (nSPS) is 26.2. The number of aromatic nitrogens is 1. The molecule has 0 saturated carbocycles. The highest BCUT2D eigenvalue weighted by atomic mass is 19.1. The number of alkyl halides is 1. The van der Waals surface area contributed by atoms with Crippen molar-refractivity contribution in [1.29, 1.82) is 0 Å². The molecule has 1 aliphatic heterocycles. The molecule has 0 radical (unpaired) electrons. The molecule has 2 heterocycles. The predicted octanol–water partition coefficient (Wildman–Crippen LogP) is 0.403. The van der Waals surface area contributed by atoms with Gasteiger partial charge in [0, 0.05) is 25.4 Å². The van der Waals surface area contributed by atoms with Gasteiger partial charge in [-0.05, 0) is 24.6 Å². The van der Waals surface area contributed by atoms with E-state index in [1.165, 1.54) is 24.2 Å². The van der Waals surface area contributed by atoms with Crippen molar-refractivity contribution in [3.63, 3.8) is 0 Å². The fraction of sp³-hybridized carbons (Fsp3) is 0.538. The van der Waals surface area contributed by atoms with Crippen molar-refractivity contribution in [1.82, 2.24) is 9.88 Å².